The van der Waals surface area contributed by atoms with Gasteiger partial charge in [-0.1, -0.05) is 0 Å². The number of hydrogen-bond acceptors (Lipinski definition) is 7. The summed E-state index contributed by atoms with van der Waals surface area (Å²) < 4.78 is 34.1. The van der Waals surface area contributed by atoms with Crippen molar-refractivity contribution in [3.63, 3.8) is 0 Å². The molecule has 0 radical (unpaired) electrons. The van der Waals surface area contributed by atoms with E-state index in [0.717, 1.165) is 17.1 Å². The molecule has 0 aliphatic carbocycles. The van der Waals surface area contributed by atoms with E-state index in [-0.39, 0.29) is 10.6 Å². The normalized spacial score (nSPS) is 14.9. The van der Waals surface area contributed by atoms with Crippen LogP contribution in [0.4, 0.5) is 11.4 Å². The number of piperazine rings is 1. The molecule has 174 valence electrons. The van der Waals surface area contributed by atoms with Crippen LogP contribution in [0.5, 0.6) is 5.75 Å². The van der Waals surface area contributed by atoms with Gasteiger partial charge in [0.25, 0.3) is 5.69 Å². The number of methoxy groups -OCH3 is 1. The smallest absolute Gasteiger partial charge is 0.295 e. The number of sulfonamides is 1. The number of nitro groups is 1. The number of rotatable bonds is 6. The highest BCUT2D eigenvalue weighted by Crippen LogP contribution is 2.30. The average molecular weight is 472 g/mol. The van der Waals surface area contributed by atoms with Crippen LogP contribution >= 0.6 is 0 Å². The summed E-state index contributed by atoms with van der Waals surface area (Å²) in [5.74, 6) is 0.593. The number of anilines is 1. The summed E-state index contributed by atoms with van der Waals surface area (Å²) in [6.07, 6.45) is 0. The molecule has 2 aromatic carbocycles. The fourth-order valence-corrected chi connectivity index (χ4v) is 5.41. The van der Waals surface area contributed by atoms with Gasteiger partial charge in [0.15, 0.2) is 0 Å². The van der Waals surface area contributed by atoms with Gasteiger partial charge in [0.1, 0.15) is 11.4 Å². The van der Waals surface area contributed by atoms with E-state index in [1.54, 1.807) is 28.9 Å². The summed E-state index contributed by atoms with van der Waals surface area (Å²) >= 11 is 0. The van der Waals surface area contributed by atoms with Gasteiger partial charge in [-0.15, -0.1) is 0 Å². The first-order chi connectivity index (χ1) is 15.7. The van der Waals surface area contributed by atoms with E-state index in [1.165, 1.54) is 29.6 Å². The second-order valence-electron chi connectivity index (χ2n) is 7.84. The molecule has 11 heteroatoms. The van der Waals surface area contributed by atoms with Crippen LogP contribution in [-0.2, 0) is 10.0 Å². The molecule has 0 amide bonds. The highest BCUT2D eigenvalue weighted by molar-refractivity contribution is 7.89. The molecule has 0 saturated carbocycles. The van der Waals surface area contributed by atoms with Gasteiger partial charge in [0.05, 0.1) is 22.6 Å². The highest BCUT2D eigenvalue weighted by atomic mass is 32.2. The monoisotopic (exact) mass is 471 g/mol. The fourth-order valence-electron chi connectivity index (χ4n) is 3.99. The molecule has 0 atom stereocenters. The first-order valence-electron chi connectivity index (χ1n) is 10.4. The van der Waals surface area contributed by atoms with E-state index in [4.69, 9.17) is 4.74 Å². The Kier molecular flexibility index (Phi) is 6.09. The van der Waals surface area contributed by atoms with Crippen molar-refractivity contribution < 1.29 is 18.1 Å². The molecule has 0 N–H and O–H groups in total. The van der Waals surface area contributed by atoms with Crippen molar-refractivity contribution in [1.29, 1.82) is 0 Å². The average Bonchev–Trinajstić information content (AvgIpc) is 3.16. The highest BCUT2D eigenvalue weighted by Gasteiger charge is 2.29. The van der Waals surface area contributed by atoms with Gasteiger partial charge in [0.2, 0.25) is 10.0 Å². The second-order valence-corrected chi connectivity index (χ2v) is 9.77. The Morgan fingerprint density at radius 1 is 1.00 bits per heavy atom. The van der Waals surface area contributed by atoms with Gasteiger partial charge in [-0.05, 0) is 56.3 Å². The zero-order valence-electron chi connectivity index (χ0n) is 18.6. The summed E-state index contributed by atoms with van der Waals surface area (Å²) in [4.78, 5) is 13.4. The van der Waals surface area contributed by atoms with Crippen LogP contribution in [0.15, 0.2) is 53.4 Å². The number of ether oxygens (including phenoxy) is 1. The Labute approximate surface area is 192 Å². The molecule has 1 saturated heterocycles. The van der Waals surface area contributed by atoms with Crippen LogP contribution in [0.1, 0.15) is 11.4 Å². The van der Waals surface area contributed by atoms with Crippen LogP contribution in [0.2, 0.25) is 0 Å². The molecule has 1 fully saturated rings. The van der Waals surface area contributed by atoms with E-state index in [2.05, 4.69) is 5.10 Å². The summed E-state index contributed by atoms with van der Waals surface area (Å²) in [6, 6.07) is 13.1. The topological polar surface area (TPSA) is 111 Å². The first kappa shape index (κ1) is 22.7. The molecule has 1 aliphatic heterocycles. The molecule has 0 spiro atoms. The molecule has 3 aromatic rings. The molecule has 33 heavy (non-hydrogen) atoms. The molecule has 0 unspecified atom stereocenters. The minimum Gasteiger partial charge on any atom is -0.497 e. The van der Waals surface area contributed by atoms with Crippen molar-refractivity contribution in [2.24, 2.45) is 0 Å². The lowest BCUT2D eigenvalue weighted by atomic mass is 10.2. The second kappa shape index (κ2) is 8.83. The Morgan fingerprint density at radius 3 is 2.21 bits per heavy atom. The standard InChI is InChI=1S/C22H25N5O5S/c1-16-14-17(2)26(23-16)22-15-18(4-9-21(22)27(28)29)24-10-12-25(13-11-24)33(30,31)20-7-5-19(32-3)6-8-20/h4-9,14-15H,10-13H2,1-3H3. The third kappa shape index (κ3) is 4.41. The van der Waals surface area contributed by atoms with Gasteiger partial charge < -0.3 is 9.64 Å². The van der Waals surface area contributed by atoms with Crippen molar-refractivity contribution >= 4 is 21.4 Å². The molecule has 4 rings (SSSR count). The van der Waals surface area contributed by atoms with Crippen molar-refractivity contribution in [2.75, 3.05) is 38.2 Å². The van der Waals surface area contributed by atoms with Crippen LogP contribution < -0.4 is 9.64 Å². The number of aromatic nitrogens is 2. The number of benzene rings is 2. The van der Waals surface area contributed by atoms with Gasteiger partial charge in [-0.25, -0.2) is 13.1 Å². The van der Waals surface area contributed by atoms with Crippen molar-refractivity contribution in [3.8, 4) is 11.4 Å². The summed E-state index contributed by atoms with van der Waals surface area (Å²) in [6.45, 7) is 5.22. The molecule has 1 aromatic heterocycles. The minimum atomic E-state index is -3.62. The zero-order valence-corrected chi connectivity index (χ0v) is 19.4. The maximum Gasteiger partial charge on any atom is 0.295 e. The van der Waals surface area contributed by atoms with E-state index >= 15 is 0 Å². The maximum absolute atomic E-state index is 13.0. The molecular formula is C22H25N5O5S. The fraction of sp³-hybridized carbons (Fsp3) is 0.318. The van der Waals surface area contributed by atoms with E-state index in [1.807, 2.05) is 24.8 Å². The lowest BCUT2D eigenvalue weighted by molar-refractivity contribution is -0.384. The van der Waals surface area contributed by atoms with Crippen LogP contribution in [0, 0.1) is 24.0 Å². The van der Waals surface area contributed by atoms with Crippen LogP contribution in [-0.4, -0.2) is 60.7 Å². The zero-order chi connectivity index (χ0) is 23.8. The van der Waals surface area contributed by atoms with E-state index < -0.39 is 14.9 Å². The van der Waals surface area contributed by atoms with Crippen molar-refractivity contribution in [3.05, 3.63) is 70.0 Å². The number of hydrogen-bond donors (Lipinski definition) is 0. The Balaban J connectivity index is 1.55. The van der Waals surface area contributed by atoms with E-state index in [9.17, 15) is 18.5 Å². The van der Waals surface area contributed by atoms with E-state index in [0.29, 0.717) is 37.6 Å². The molecule has 1 aliphatic rings. The lowest BCUT2D eigenvalue weighted by Gasteiger charge is -2.35. The third-order valence-corrected chi connectivity index (χ3v) is 7.61. The predicted molar refractivity (Wildman–Crippen MR) is 124 cm³/mol. The predicted octanol–water partition coefficient (Wildman–Crippen LogP) is 2.92. The van der Waals surface area contributed by atoms with Crippen molar-refractivity contribution in [1.82, 2.24) is 14.1 Å². The largest absolute Gasteiger partial charge is 0.497 e. The minimum absolute atomic E-state index is 0.0364. The number of nitro benzene ring substituents is 1. The number of nitrogens with zero attached hydrogens (tertiary/aromatic N) is 5. The van der Waals surface area contributed by atoms with Crippen LogP contribution in [0.25, 0.3) is 5.69 Å². The molecule has 0 bridgehead atoms. The van der Waals surface area contributed by atoms with Gasteiger partial charge >= 0.3 is 0 Å². The van der Waals surface area contributed by atoms with Crippen molar-refractivity contribution in [2.45, 2.75) is 18.7 Å². The SMILES string of the molecule is COc1ccc(S(=O)(=O)N2CCN(c3ccc([N+](=O)[O-])c(-n4nc(C)cc4C)c3)CC2)cc1. The Bertz CT molecular complexity index is 1280. The van der Waals surface area contributed by atoms with Crippen LogP contribution in [0.3, 0.4) is 0 Å². The summed E-state index contributed by atoms with van der Waals surface area (Å²) in [5.41, 5.74) is 2.69. The quantitative estimate of drug-likeness (QED) is 0.401. The Morgan fingerprint density at radius 2 is 1.67 bits per heavy atom. The maximum atomic E-state index is 13.0. The van der Waals surface area contributed by atoms with Gasteiger partial charge in [0, 0.05) is 43.6 Å². The van der Waals surface area contributed by atoms with Gasteiger partial charge in [-0.2, -0.15) is 9.40 Å². The molecular weight excluding hydrogens is 446 g/mol. The molecule has 2 heterocycles. The summed E-state index contributed by atoms with van der Waals surface area (Å²) in [5, 5.41) is 16.0. The number of aryl methyl sites for hydroxylation is 2. The first-order valence-corrected chi connectivity index (χ1v) is 11.9. The lowest BCUT2D eigenvalue weighted by Crippen LogP contribution is -2.48. The molecule has 10 nitrogen and oxygen atoms in total. The Hall–Kier alpha value is -3.44. The summed E-state index contributed by atoms with van der Waals surface area (Å²) in [7, 11) is -2.09. The third-order valence-electron chi connectivity index (χ3n) is 5.69. The van der Waals surface area contributed by atoms with Gasteiger partial charge in [-0.3, -0.25) is 10.1 Å².